The Labute approximate surface area is 191 Å². The number of carbonyl (C=O) groups excluding carboxylic acids is 1. The summed E-state index contributed by atoms with van der Waals surface area (Å²) in [6.45, 7) is 8.08. The first-order chi connectivity index (χ1) is 15.2. The molecule has 1 N–H and O–H groups in total. The molecule has 1 amide bonds. The van der Waals surface area contributed by atoms with E-state index in [-0.39, 0.29) is 17.3 Å². The molecule has 0 saturated carbocycles. The van der Waals surface area contributed by atoms with Gasteiger partial charge in [0, 0.05) is 6.54 Å². The zero-order chi connectivity index (χ0) is 23.3. The molecule has 168 valence electrons. The summed E-state index contributed by atoms with van der Waals surface area (Å²) in [6.07, 6.45) is 0. The SMILES string of the molecule is Cc1ccc(S(=O)(=O)N(CC(=O)NCc2ccccc2C)c2ccc(C(C)C)cc2)cc1. The number of nitrogens with zero attached hydrogens (tertiary/aromatic N) is 1. The van der Waals surface area contributed by atoms with Crippen LogP contribution in [0.1, 0.15) is 42.0 Å². The first kappa shape index (κ1) is 23.5. The van der Waals surface area contributed by atoms with Crippen molar-refractivity contribution in [1.29, 1.82) is 0 Å². The standard InChI is InChI=1S/C26H30N2O3S/c1-19(2)22-11-13-24(14-12-22)28(32(30,31)25-15-9-20(3)10-16-25)18-26(29)27-17-23-8-6-5-7-21(23)4/h5-16,19H,17-18H2,1-4H3,(H,27,29). The molecular formula is C26H30N2O3S. The Morgan fingerprint density at radius 1 is 0.906 bits per heavy atom. The number of hydrogen-bond donors (Lipinski definition) is 1. The van der Waals surface area contributed by atoms with Crippen LogP contribution < -0.4 is 9.62 Å². The van der Waals surface area contributed by atoms with Gasteiger partial charge in [-0.1, -0.05) is 67.9 Å². The lowest BCUT2D eigenvalue weighted by Crippen LogP contribution is -2.40. The maximum absolute atomic E-state index is 13.5. The van der Waals surface area contributed by atoms with Crippen molar-refractivity contribution < 1.29 is 13.2 Å². The highest BCUT2D eigenvalue weighted by atomic mass is 32.2. The van der Waals surface area contributed by atoms with Crippen molar-refractivity contribution in [2.45, 2.75) is 45.1 Å². The van der Waals surface area contributed by atoms with E-state index in [0.717, 1.165) is 22.3 Å². The third-order valence-corrected chi connectivity index (χ3v) is 7.27. The quantitative estimate of drug-likeness (QED) is 0.529. The van der Waals surface area contributed by atoms with Gasteiger partial charge in [-0.15, -0.1) is 0 Å². The van der Waals surface area contributed by atoms with E-state index in [1.807, 2.05) is 50.2 Å². The Kier molecular flexibility index (Phi) is 7.36. The van der Waals surface area contributed by atoms with Gasteiger partial charge in [0.25, 0.3) is 10.0 Å². The first-order valence-corrected chi connectivity index (χ1v) is 12.1. The number of rotatable bonds is 8. The average molecular weight is 451 g/mol. The van der Waals surface area contributed by atoms with Gasteiger partial charge in [-0.25, -0.2) is 8.42 Å². The van der Waals surface area contributed by atoms with Crippen LogP contribution in [0.15, 0.2) is 77.7 Å². The molecule has 0 aliphatic rings. The molecule has 0 saturated heterocycles. The number of nitrogens with one attached hydrogen (secondary N) is 1. The van der Waals surface area contributed by atoms with Crippen molar-refractivity contribution in [3.05, 3.63) is 95.1 Å². The molecule has 3 aromatic rings. The number of benzene rings is 3. The average Bonchev–Trinajstić information content (AvgIpc) is 2.77. The Balaban J connectivity index is 1.88. The molecule has 0 atom stereocenters. The van der Waals surface area contributed by atoms with Gasteiger partial charge in [-0.05, 0) is 60.7 Å². The van der Waals surface area contributed by atoms with E-state index in [0.29, 0.717) is 18.2 Å². The Morgan fingerprint density at radius 3 is 2.12 bits per heavy atom. The first-order valence-electron chi connectivity index (χ1n) is 10.7. The summed E-state index contributed by atoms with van der Waals surface area (Å²) in [7, 11) is -3.92. The molecule has 0 heterocycles. The maximum Gasteiger partial charge on any atom is 0.264 e. The van der Waals surface area contributed by atoms with Crippen LogP contribution in [0.25, 0.3) is 0 Å². The van der Waals surface area contributed by atoms with Gasteiger partial charge in [-0.3, -0.25) is 9.10 Å². The van der Waals surface area contributed by atoms with Crippen LogP contribution in [0.3, 0.4) is 0 Å². The lowest BCUT2D eigenvalue weighted by atomic mass is 10.0. The summed E-state index contributed by atoms with van der Waals surface area (Å²) in [6, 6.07) is 21.8. The van der Waals surface area contributed by atoms with E-state index in [1.54, 1.807) is 36.4 Å². The highest BCUT2D eigenvalue weighted by Gasteiger charge is 2.27. The summed E-state index contributed by atoms with van der Waals surface area (Å²) >= 11 is 0. The number of amides is 1. The second-order valence-corrected chi connectivity index (χ2v) is 10.1. The lowest BCUT2D eigenvalue weighted by Gasteiger charge is -2.24. The van der Waals surface area contributed by atoms with Crippen molar-refractivity contribution in [3.8, 4) is 0 Å². The number of hydrogen-bond acceptors (Lipinski definition) is 3. The maximum atomic E-state index is 13.5. The highest BCUT2D eigenvalue weighted by molar-refractivity contribution is 7.92. The van der Waals surface area contributed by atoms with Gasteiger partial charge in [-0.2, -0.15) is 0 Å². The van der Waals surface area contributed by atoms with Crippen LogP contribution in [0.2, 0.25) is 0 Å². The van der Waals surface area contributed by atoms with Gasteiger partial charge in [0.1, 0.15) is 6.54 Å². The summed E-state index contributed by atoms with van der Waals surface area (Å²) in [5.41, 5.74) is 4.59. The van der Waals surface area contributed by atoms with Gasteiger partial charge in [0.05, 0.1) is 10.6 Å². The van der Waals surface area contributed by atoms with E-state index in [4.69, 9.17) is 0 Å². The van der Waals surface area contributed by atoms with Gasteiger partial charge in [0.15, 0.2) is 0 Å². The van der Waals surface area contributed by atoms with Crippen LogP contribution in [0.4, 0.5) is 5.69 Å². The molecular weight excluding hydrogens is 420 g/mol. The van der Waals surface area contributed by atoms with E-state index < -0.39 is 10.0 Å². The monoisotopic (exact) mass is 450 g/mol. The molecule has 6 heteroatoms. The van der Waals surface area contributed by atoms with Gasteiger partial charge < -0.3 is 5.32 Å². The number of aryl methyl sites for hydroxylation is 2. The van der Waals surface area contributed by atoms with Crippen LogP contribution in [0.5, 0.6) is 0 Å². The Morgan fingerprint density at radius 2 is 1.53 bits per heavy atom. The second-order valence-electron chi connectivity index (χ2n) is 8.27. The highest BCUT2D eigenvalue weighted by Crippen LogP contribution is 2.26. The zero-order valence-corrected chi connectivity index (χ0v) is 19.8. The van der Waals surface area contributed by atoms with Crippen molar-refractivity contribution in [3.63, 3.8) is 0 Å². The lowest BCUT2D eigenvalue weighted by molar-refractivity contribution is -0.119. The molecule has 5 nitrogen and oxygen atoms in total. The fourth-order valence-electron chi connectivity index (χ4n) is 3.37. The molecule has 32 heavy (non-hydrogen) atoms. The van der Waals surface area contributed by atoms with E-state index in [9.17, 15) is 13.2 Å². The van der Waals surface area contributed by atoms with Crippen molar-refractivity contribution in [1.82, 2.24) is 5.32 Å². The van der Waals surface area contributed by atoms with Crippen molar-refractivity contribution in [2.24, 2.45) is 0 Å². The number of sulfonamides is 1. The topological polar surface area (TPSA) is 66.5 Å². The molecule has 0 fully saturated rings. The minimum Gasteiger partial charge on any atom is -0.350 e. The van der Waals surface area contributed by atoms with Crippen molar-refractivity contribution in [2.75, 3.05) is 10.8 Å². The third-order valence-electron chi connectivity index (χ3n) is 5.48. The van der Waals surface area contributed by atoms with Gasteiger partial charge in [0.2, 0.25) is 5.91 Å². The third kappa shape index (κ3) is 5.56. The molecule has 0 spiro atoms. The smallest absolute Gasteiger partial charge is 0.264 e. The predicted molar refractivity (Wildman–Crippen MR) is 129 cm³/mol. The van der Waals surface area contributed by atoms with Crippen LogP contribution >= 0.6 is 0 Å². The van der Waals surface area contributed by atoms with Gasteiger partial charge >= 0.3 is 0 Å². The Bertz CT molecular complexity index is 1170. The van der Waals surface area contributed by atoms with E-state index in [1.165, 1.54) is 4.31 Å². The summed E-state index contributed by atoms with van der Waals surface area (Å²) in [5.74, 6) is -0.0412. The molecule has 0 bridgehead atoms. The number of anilines is 1. The van der Waals surface area contributed by atoms with Crippen LogP contribution in [0, 0.1) is 13.8 Å². The Hall–Kier alpha value is -3.12. The molecule has 3 rings (SSSR count). The van der Waals surface area contributed by atoms with E-state index in [2.05, 4.69) is 19.2 Å². The zero-order valence-electron chi connectivity index (χ0n) is 19.0. The second kappa shape index (κ2) is 10.0. The largest absolute Gasteiger partial charge is 0.350 e. The molecule has 0 aliphatic heterocycles. The number of carbonyl (C=O) groups is 1. The fourth-order valence-corrected chi connectivity index (χ4v) is 4.79. The minimum absolute atomic E-state index is 0.155. The van der Waals surface area contributed by atoms with Crippen LogP contribution in [-0.4, -0.2) is 20.9 Å². The normalized spacial score (nSPS) is 11.4. The molecule has 0 unspecified atom stereocenters. The molecule has 0 radical (unpaired) electrons. The molecule has 0 aromatic heterocycles. The summed E-state index contributed by atoms with van der Waals surface area (Å²) in [4.78, 5) is 13.0. The minimum atomic E-state index is -3.92. The molecule has 0 aliphatic carbocycles. The van der Waals surface area contributed by atoms with Crippen molar-refractivity contribution >= 4 is 21.6 Å². The summed E-state index contributed by atoms with van der Waals surface area (Å²) in [5, 5.41) is 2.86. The fraction of sp³-hybridized carbons (Fsp3) is 0.269. The van der Waals surface area contributed by atoms with E-state index >= 15 is 0 Å². The predicted octanol–water partition coefficient (Wildman–Crippen LogP) is 4.94. The molecule has 3 aromatic carbocycles. The summed E-state index contributed by atoms with van der Waals surface area (Å²) < 4.78 is 28.1. The van der Waals surface area contributed by atoms with Crippen LogP contribution in [-0.2, 0) is 21.4 Å².